The summed E-state index contributed by atoms with van der Waals surface area (Å²) in [4.78, 5) is 12.0. The fraction of sp³-hybridized carbons (Fsp3) is 0.278. The Bertz CT molecular complexity index is 656. The molecule has 0 heterocycles. The van der Waals surface area contributed by atoms with E-state index < -0.39 is 0 Å². The molecule has 23 heavy (non-hydrogen) atoms. The van der Waals surface area contributed by atoms with E-state index in [0.29, 0.717) is 23.1 Å². The molecule has 0 radical (unpaired) electrons. The van der Waals surface area contributed by atoms with Gasteiger partial charge in [0.1, 0.15) is 11.5 Å². The number of hydrogen-bond acceptors (Lipinski definition) is 3. The Labute approximate surface area is 141 Å². The van der Waals surface area contributed by atoms with Gasteiger partial charge in [0.25, 0.3) is 5.91 Å². The summed E-state index contributed by atoms with van der Waals surface area (Å²) >= 11 is 6.03. The van der Waals surface area contributed by atoms with Crippen molar-refractivity contribution in [3.05, 3.63) is 53.1 Å². The molecule has 0 aliphatic heterocycles. The number of ether oxygens (including phenoxy) is 2. The van der Waals surface area contributed by atoms with Gasteiger partial charge in [-0.3, -0.25) is 4.79 Å². The van der Waals surface area contributed by atoms with Crippen LogP contribution in [-0.4, -0.2) is 19.1 Å². The Hall–Kier alpha value is -2.20. The quantitative estimate of drug-likeness (QED) is 0.814. The third-order valence-corrected chi connectivity index (χ3v) is 3.62. The lowest BCUT2D eigenvalue weighted by molar-refractivity contribution is -0.118. The van der Waals surface area contributed by atoms with Crippen LogP contribution in [0.4, 0.5) is 5.69 Å². The second-order valence-electron chi connectivity index (χ2n) is 5.07. The maximum Gasteiger partial charge on any atom is 0.262 e. The molecule has 4 nitrogen and oxygen atoms in total. The van der Waals surface area contributed by atoms with Gasteiger partial charge in [-0.1, -0.05) is 24.6 Å². The first-order valence-electron chi connectivity index (χ1n) is 7.50. The first-order valence-corrected chi connectivity index (χ1v) is 7.88. The predicted octanol–water partition coefficient (Wildman–Crippen LogP) is 4.45. The summed E-state index contributed by atoms with van der Waals surface area (Å²) in [6.45, 7) is 4.52. The molecule has 0 unspecified atom stereocenters. The molecule has 1 N–H and O–H groups in total. The zero-order valence-electron chi connectivity index (χ0n) is 13.3. The van der Waals surface area contributed by atoms with Crippen molar-refractivity contribution < 1.29 is 14.3 Å². The lowest BCUT2D eigenvalue weighted by Crippen LogP contribution is -2.20. The van der Waals surface area contributed by atoms with E-state index in [2.05, 4.69) is 12.2 Å². The van der Waals surface area contributed by atoms with Gasteiger partial charge < -0.3 is 14.8 Å². The van der Waals surface area contributed by atoms with Crippen LogP contribution in [0.2, 0.25) is 5.02 Å². The fourth-order valence-electron chi connectivity index (χ4n) is 1.93. The third-order valence-electron chi connectivity index (χ3n) is 3.21. The molecule has 0 fully saturated rings. The van der Waals surface area contributed by atoms with E-state index in [1.54, 1.807) is 30.3 Å². The number of hydrogen-bond donors (Lipinski definition) is 1. The number of rotatable bonds is 7. The Balaban J connectivity index is 1.85. The number of carbonyl (C=O) groups excluding carboxylic acids is 1. The van der Waals surface area contributed by atoms with Crippen LogP contribution in [0.3, 0.4) is 0 Å². The van der Waals surface area contributed by atoms with E-state index in [-0.39, 0.29) is 12.5 Å². The van der Waals surface area contributed by atoms with Gasteiger partial charge in [0.05, 0.1) is 6.61 Å². The van der Waals surface area contributed by atoms with Crippen molar-refractivity contribution in [2.75, 3.05) is 18.5 Å². The largest absolute Gasteiger partial charge is 0.494 e. The average molecular weight is 334 g/mol. The molecule has 0 aliphatic rings. The Morgan fingerprint density at radius 3 is 2.39 bits per heavy atom. The van der Waals surface area contributed by atoms with Crippen molar-refractivity contribution in [2.45, 2.75) is 20.3 Å². The minimum absolute atomic E-state index is 0.0683. The van der Waals surface area contributed by atoms with E-state index in [1.807, 2.05) is 19.1 Å². The van der Waals surface area contributed by atoms with Gasteiger partial charge >= 0.3 is 0 Å². The van der Waals surface area contributed by atoms with Crippen LogP contribution in [0, 0.1) is 6.92 Å². The fourth-order valence-corrected chi connectivity index (χ4v) is 2.10. The Kier molecular flexibility index (Phi) is 6.29. The van der Waals surface area contributed by atoms with E-state index in [9.17, 15) is 4.79 Å². The van der Waals surface area contributed by atoms with Crippen LogP contribution in [0.15, 0.2) is 42.5 Å². The average Bonchev–Trinajstić information content (AvgIpc) is 2.56. The smallest absolute Gasteiger partial charge is 0.262 e. The van der Waals surface area contributed by atoms with Gasteiger partial charge in [0.2, 0.25) is 0 Å². The molecule has 122 valence electrons. The van der Waals surface area contributed by atoms with E-state index in [1.165, 1.54) is 0 Å². The highest BCUT2D eigenvalue weighted by atomic mass is 35.5. The molecule has 2 aromatic carbocycles. The number of amides is 1. The molecule has 0 atom stereocenters. The molecule has 2 rings (SSSR count). The summed E-state index contributed by atoms with van der Waals surface area (Å²) in [6.07, 6.45) is 0.960. The van der Waals surface area contributed by atoms with Gasteiger partial charge in [-0.05, 0) is 55.3 Å². The normalized spacial score (nSPS) is 10.2. The summed E-state index contributed by atoms with van der Waals surface area (Å²) < 4.78 is 11.0. The summed E-state index contributed by atoms with van der Waals surface area (Å²) in [5, 5.41) is 3.40. The number of carbonyl (C=O) groups is 1. The van der Waals surface area contributed by atoms with Gasteiger partial charge in [0.15, 0.2) is 6.61 Å². The molecule has 0 saturated carbocycles. The molecular formula is C18H20ClNO3. The van der Waals surface area contributed by atoms with Crippen molar-refractivity contribution >= 4 is 23.2 Å². The molecule has 0 aliphatic carbocycles. The Morgan fingerprint density at radius 1 is 1.09 bits per heavy atom. The predicted molar refractivity (Wildman–Crippen MR) is 92.5 cm³/mol. The minimum Gasteiger partial charge on any atom is -0.494 e. The maximum atomic E-state index is 12.0. The molecular weight excluding hydrogens is 314 g/mol. The van der Waals surface area contributed by atoms with Gasteiger partial charge in [-0.2, -0.15) is 0 Å². The van der Waals surface area contributed by atoms with Crippen LogP contribution >= 0.6 is 11.6 Å². The van der Waals surface area contributed by atoms with Crippen LogP contribution in [0.25, 0.3) is 0 Å². The topological polar surface area (TPSA) is 47.6 Å². The molecule has 0 saturated heterocycles. The molecule has 2 aromatic rings. The first-order chi connectivity index (χ1) is 11.1. The van der Waals surface area contributed by atoms with Crippen molar-refractivity contribution in [2.24, 2.45) is 0 Å². The highest BCUT2D eigenvalue weighted by Gasteiger charge is 2.07. The van der Waals surface area contributed by atoms with Crippen LogP contribution in [0.5, 0.6) is 11.5 Å². The van der Waals surface area contributed by atoms with Gasteiger partial charge in [0, 0.05) is 10.7 Å². The lowest BCUT2D eigenvalue weighted by Gasteiger charge is -2.11. The van der Waals surface area contributed by atoms with Crippen LogP contribution in [0.1, 0.15) is 18.9 Å². The molecule has 0 bridgehead atoms. The second-order valence-corrected chi connectivity index (χ2v) is 5.48. The summed E-state index contributed by atoms with van der Waals surface area (Å²) in [5.41, 5.74) is 1.52. The molecule has 0 spiro atoms. The van der Waals surface area contributed by atoms with E-state index >= 15 is 0 Å². The summed E-state index contributed by atoms with van der Waals surface area (Å²) in [5.74, 6) is 1.17. The van der Waals surface area contributed by atoms with E-state index in [4.69, 9.17) is 21.1 Å². The van der Waals surface area contributed by atoms with E-state index in [0.717, 1.165) is 17.7 Å². The third kappa shape index (κ3) is 5.18. The number of benzene rings is 2. The highest BCUT2D eigenvalue weighted by molar-refractivity contribution is 6.31. The van der Waals surface area contributed by atoms with Crippen LogP contribution in [-0.2, 0) is 4.79 Å². The summed E-state index contributed by atoms with van der Waals surface area (Å²) in [6, 6.07) is 12.6. The molecule has 0 aromatic heterocycles. The molecule has 5 heteroatoms. The first kappa shape index (κ1) is 17.2. The number of nitrogens with one attached hydrogen (secondary N) is 1. The minimum atomic E-state index is -0.235. The van der Waals surface area contributed by atoms with Crippen molar-refractivity contribution in [1.82, 2.24) is 0 Å². The van der Waals surface area contributed by atoms with Crippen molar-refractivity contribution in [3.8, 4) is 11.5 Å². The van der Waals surface area contributed by atoms with Gasteiger partial charge in [-0.25, -0.2) is 0 Å². The second kappa shape index (κ2) is 8.44. The maximum absolute atomic E-state index is 12.0. The zero-order valence-corrected chi connectivity index (χ0v) is 14.0. The van der Waals surface area contributed by atoms with Gasteiger partial charge in [-0.15, -0.1) is 0 Å². The standard InChI is InChI=1S/C18H20ClNO3/c1-3-11-22-14-7-9-15(10-8-14)23-12-18(21)20-17-6-4-5-16(19)13(17)2/h4-10H,3,11-12H2,1-2H3,(H,20,21). The van der Waals surface area contributed by atoms with Crippen LogP contribution < -0.4 is 14.8 Å². The monoisotopic (exact) mass is 333 g/mol. The Morgan fingerprint density at radius 2 is 1.74 bits per heavy atom. The van der Waals surface area contributed by atoms with Crippen molar-refractivity contribution in [3.63, 3.8) is 0 Å². The number of anilines is 1. The molecule has 1 amide bonds. The highest BCUT2D eigenvalue weighted by Crippen LogP contribution is 2.23. The zero-order chi connectivity index (χ0) is 16.7. The van der Waals surface area contributed by atoms with Crippen molar-refractivity contribution in [1.29, 1.82) is 0 Å². The number of halogens is 1. The lowest BCUT2D eigenvalue weighted by atomic mass is 10.2. The summed E-state index contributed by atoms with van der Waals surface area (Å²) in [7, 11) is 0. The SMILES string of the molecule is CCCOc1ccc(OCC(=O)Nc2cccc(Cl)c2C)cc1.